The number of rotatable bonds is 3. The molecular formula is C9H9N3OS. The molecule has 72 valence electrons. The molecule has 2 heterocycles. The summed E-state index contributed by atoms with van der Waals surface area (Å²) < 4.78 is 1.63. The van der Waals surface area contributed by atoms with Gasteiger partial charge in [0.25, 0.3) is 0 Å². The van der Waals surface area contributed by atoms with Crippen LogP contribution in [0.15, 0.2) is 23.2 Å². The third kappa shape index (κ3) is 1.72. The maximum absolute atomic E-state index is 11.7. The second-order valence-electron chi connectivity index (χ2n) is 3.00. The molecule has 0 saturated heterocycles. The fourth-order valence-electron chi connectivity index (χ4n) is 1.19. The Kier molecular flexibility index (Phi) is 2.41. The Hall–Kier alpha value is -1.49. The first-order chi connectivity index (χ1) is 6.77. The summed E-state index contributed by atoms with van der Waals surface area (Å²) in [5.74, 6) is 0.416. The van der Waals surface area contributed by atoms with Crippen molar-refractivity contribution in [3.63, 3.8) is 0 Å². The first-order valence-electron chi connectivity index (χ1n) is 4.15. The normalized spacial score (nSPS) is 10.4. The second kappa shape index (κ2) is 3.71. The summed E-state index contributed by atoms with van der Waals surface area (Å²) in [5.41, 5.74) is 1.03. The highest BCUT2D eigenvalue weighted by Gasteiger charge is 2.12. The maximum Gasteiger partial charge on any atom is 0.204 e. The summed E-state index contributed by atoms with van der Waals surface area (Å²) in [7, 11) is 1.76. The summed E-state index contributed by atoms with van der Waals surface area (Å²) in [4.78, 5) is 11.7. The van der Waals surface area contributed by atoms with E-state index >= 15 is 0 Å². The average Bonchev–Trinajstić information content (AvgIpc) is 2.75. The summed E-state index contributed by atoms with van der Waals surface area (Å²) >= 11 is 1.59. The maximum atomic E-state index is 11.7. The third-order valence-electron chi connectivity index (χ3n) is 1.91. The molecule has 0 unspecified atom stereocenters. The number of nitrogens with zero attached hydrogens (tertiary/aromatic N) is 3. The van der Waals surface area contributed by atoms with E-state index in [0.717, 1.165) is 5.56 Å². The summed E-state index contributed by atoms with van der Waals surface area (Å²) in [5, 5.41) is 11.4. The van der Waals surface area contributed by atoms with Crippen molar-refractivity contribution in [2.45, 2.75) is 6.42 Å². The van der Waals surface area contributed by atoms with Crippen molar-refractivity contribution in [1.82, 2.24) is 14.8 Å². The van der Waals surface area contributed by atoms with Crippen molar-refractivity contribution in [3.05, 3.63) is 34.5 Å². The number of ketones is 1. The molecule has 0 aliphatic rings. The standard InChI is InChI=1S/C9H9N3OS/c1-12-6-10-11-9(12)8(13)4-7-2-3-14-5-7/h2-3,5-6H,4H2,1H3. The molecule has 2 aromatic rings. The van der Waals surface area contributed by atoms with Gasteiger partial charge in [-0.05, 0) is 22.4 Å². The number of carbonyl (C=O) groups is 1. The molecule has 0 N–H and O–H groups in total. The Bertz CT molecular complexity index is 433. The van der Waals surface area contributed by atoms with Gasteiger partial charge in [0.05, 0.1) is 0 Å². The fourth-order valence-corrected chi connectivity index (χ4v) is 1.86. The van der Waals surface area contributed by atoms with Gasteiger partial charge in [0.1, 0.15) is 6.33 Å². The number of Topliss-reactive ketones (excluding diaryl/α,β-unsaturated/α-hetero) is 1. The van der Waals surface area contributed by atoms with Gasteiger partial charge in [-0.15, -0.1) is 10.2 Å². The Morgan fingerprint density at radius 3 is 3.07 bits per heavy atom. The Labute approximate surface area is 85.2 Å². The Morgan fingerprint density at radius 2 is 2.50 bits per heavy atom. The quantitative estimate of drug-likeness (QED) is 0.713. The van der Waals surface area contributed by atoms with Gasteiger partial charge in [-0.2, -0.15) is 11.3 Å². The number of aryl methyl sites for hydroxylation is 1. The van der Waals surface area contributed by atoms with E-state index in [-0.39, 0.29) is 5.78 Å². The van der Waals surface area contributed by atoms with E-state index in [1.807, 2.05) is 16.8 Å². The van der Waals surface area contributed by atoms with Crippen molar-refractivity contribution < 1.29 is 4.79 Å². The lowest BCUT2D eigenvalue weighted by atomic mass is 10.2. The zero-order valence-corrected chi connectivity index (χ0v) is 8.49. The highest BCUT2D eigenvalue weighted by molar-refractivity contribution is 7.08. The van der Waals surface area contributed by atoms with E-state index in [1.165, 1.54) is 6.33 Å². The highest BCUT2D eigenvalue weighted by Crippen LogP contribution is 2.09. The van der Waals surface area contributed by atoms with Crippen LogP contribution < -0.4 is 0 Å². The lowest BCUT2D eigenvalue weighted by Gasteiger charge is -1.97. The number of aromatic nitrogens is 3. The van der Waals surface area contributed by atoms with Gasteiger partial charge in [0.15, 0.2) is 5.82 Å². The van der Waals surface area contributed by atoms with Crippen molar-refractivity contribution >= 4 is 17.1 Å². The van der Waals surface area contributed by atoms with E-state index in [2.05, 4.69) is 10.2 Å². The fraction of sp³-hybridized carbons (Fsp3) is 0.222. The Balaban J connectivity index is 2.14. The molecule has 0 aliphatic heterocycles. The van der Waals surface area contributed by atoms with Crippen molar-refractivity contribution in [3.8, 4) is 0 Å². The van der Waals surface area contributed by atoms with Crippen LogP contribution >= 0.6 is 11.3 Å². The van der Waals surface area contributed by atoms with E-state index in [0.29, 0.717) is 12.2 Å². The SMILES string of the molecule is Cn1cnnc1C(=O)Cc1ccsc1. The minimum atomic E-state index is 0.00315. The molecule has 0 fully saturated rings. The van der Waals surface area contributed by atoms with Gasteiger partial charge in [0.2, 0.25) is 5.78 Å². The van der Waals surface area contributed by atoms with Crippen molar-refractivity contribution in [2.75, 3.05) is 0 Å². The number of hydrogen-bond acceptors (Lipinski definition) is 4. The first kappa shape index (κ1) is 9.08. The second-order valence-corrected chi connectivity index (χ2v) is 3.78. The van der Waals surface area contributed by atoms with E-state index in [4.69, 9.17) is 0 Å². The van der Waals surface area contributed by atoms with Crippen molar-refractivity contribution in [1.29, 1.82) is 0 Å². The minimum Gasteiger partial charge on any atom is -0.314 e. The van der Waals surface area contributed by atoms with Crippen LogP contribution in [-0.2, 0) is 13.5 Å². The van der Waals surface area contributed by atoms with Crippen LogP contribution in [0.25, 0.3) is 0 Å². The zero-order valence-electron chi connectivity index (χ0n) is 7.67. The zero-order chi connectivity index (χ0) is 9.97. The molecule has 5 heteroatoms. The molecule has 2 aromatic heterocycles. The van der Waals surface area contributed by atoms with Gasteiger partial charge in [0, 0.05) is 13.5 Å². The Morgan fingerprint density at radius 1 is 1.64 bits per heavy atom. The molecule has 0 radical (unpaired) electrons. The van der Waals surface area contributed by atoms with E-state index in [9.17, 15) is 4.79 Å². The third-order valence-corrected chi connectivity index (χ3v) is 2.64. The molecule has 0 spiro atoms. The summed E-state index contributed by atoms with van der Waals surface area (Å²) in [6.45, 7) is 0. The first-order valence-corrected chi connectivity index (χ1v) is 5.10. The van der Waals surface area contributed by atoms with Crippen LogP contribution in [0.3, 0.4) is 0 Å². The van der Waals surface area contributed by atoms with Crippen LogP contribution in [-0.4, -0.2) is 20.5 Å². The molecule has 0 amide bonds. The van der Waals surface area contributed by atoms with Gasteiger partial charge in [-0.25, -0.2) is 0 Å². The minimum absolute atomic E-state index is 0.00315. The lowest BCUT2D eigenvalue weighted by Crippen LogP contribution is -2.09. The molecule has 14 heavy (non-hydrogen) atoms. The van der Waals surface area contributed by atoms with Gasteiger partial charge >= 0.3 is 0 Å². The van der Waals surface area contributed by atoms with E-state index < -0.39 is 0 Å². The number of hydrogen-bond donors (Lipinski definition) is 0. The number of thiophene rings is 1. The van der Waals surface area contributed by atoms with Gasteiger partial charge in [-0.3, -0.25) is 4.79 Å². The lowest BCUT2D eigenvalue weighted by molar-refractivity contribution is 0.0980. The van der Waals surface area contributed by atoms with Gasteiger partial charge < -0.3 is 4.57 Å². The van der Waals surface area contributed by atoms with Crippen LogP contribution in [0.4, 0.5) is 0 Å². The average molecular weight is 207 g/mol. The molecule has 0 aromatic carbocycles. The smallest absolute Gasteiger partial charge is 0.204 e. The molecule has 0 bridgehead atoms. The molecule has 0 atom stereocenters. The number of carbonyl (C=O) groups excluding carboxylic acids is 1. The summed E-state index contributed by atoms with van der Waals surface area (Å²) in [6, 6.07) is 1.94. The predicted molar refractivity (Wildman–Crippen MR) is 53.4 cm³/mol. The molecular weight excluding hydrogens is 198 g/mol. The molecule has 4 nitrogen and oxygen atoms in total. The largest absolute Gasteiger partial charge is 0.314 e. The highest BCUT2D eigenvalue weighted by atomic mass is 32.1. The molecule has 0 aliphatic carbocycles. The summed E-state index contributed by atoms with van der Waals surface area (Å²) in [6.07, 6.45) is 1.93. The van der Waals surface area contributed by atoms with Crippen LogP contribution in [0, 0.1) is 0 Å². The van der Waals surface area contributed by atoms with Crippen LogP contribution in [0.1, 0.15) is 16.2 Å². The monoisotopic (exact) mass is 207 g/mol. The van der Waals surface area contributed by atoms with Gasteiger partial charge in [-0.1, -0.05) is 0 Å². The van der Waals surface area contributed by atoms with E-state index in [1.54, 1.807) is 23.0 Å². The molecule has 0 saturated carbocycles. The van der Waals surface area contributed by atoms with Crippen LogP contribution in [0.5, 0.6) is 0 Å². The predicted octanol–water partition coefficient (Wildman–Crippen LogP) is 1.30. The van der Waals surface area contributed by atoms with Crippen LogP contribution in [0.2, 0.25) is 0 Å². The topological polar surface area (TPSA) is 47.8 Å². The molecule has 2 rings (SSSR count). The van der Waals surface area contributed by atoms with Crippen molar-refractivity contribution in [2.24, 2.45) is 7.05 Å².